The van der Waals surface area contributed by atoms with Crippen LogP contribution in [-0.2, 0) is 4.79 Å². The summed E-state index contributed by atoms with van der Waals surface area (Å²) < 4.78 is 4.84. The topological polar surface area (TPSA) is 75.4 Å². The summed E-state index contributed by atoms with van der Waals surface area (Å²) >= 11 is 1.68. The van der Waals surface area contributed by atoms with Crippen LogP contribution >= 0.6 is 11.8 Å². The molecule has 6 heteroatoms. The van der Waals surface area contributed by atoms with Crippen molar-refractivity contribution in [2.45, 2.75) is 31.9 Å². The second-order valence-electron chi connectivity index (χ2n) is 3.81. The van der Waals surface area contributed by atoms with E-state index in [1.54, 1.807) is 24.8 Å². The minimum atomic E-state index is -0.0676. The van der Waals surface area contributed by atoms with Crippen LogP contribution in [-0.4, -0.2) is 33.8 Å². The average molecular weight is 258 g/mol. The van der Waals surface area contributed by atoms with E-state index in [2.05, 4.69) is 10.5 Å². The van der Waals surface area contributed by atoms with Gasteiger partial charge in [-0.05, 0) is 13.3 Å². The fourth-order valence-electron chi connectivity index (χ4n) is 1.25. The highest BCUT2D eigenvalue weighted by molar-refractivity contribution is 7.99. The predicted octanol–water partition coefficient (Wildman–Crippen LogP) is 1.82. The Bertz CT molecular complexity index is 354. The molecule has 0 aliphatic heterocycles. The Labute approximate surface area is 105 Å². The Morgan fingerprint density at radius 2 is 2.47 bits per heavy atom. The first-order chi connectivity index (χ1) is 8.11. The number of aliphatic hydroxyl groups excluding tert-OH is 1. The smallest absolute Gasteiger partial charge is 0.226 e. The van der Waals surface area contributed by atoms with Crippen molar-refractivity contribution in [2.24, 2.45) is 0 Å². The monoisotopic (exact) mass is 258 g/mol. The standard InChI is InChI=1S/C11H18N2O3S/c1-8-7-10(13-16-8)12-11(15)4-6-17-9(2)3-5-14/h7,9,14H,3-6H2,1-2H3,(H,12,13,15). The predicted molar refractivity (Wildman–Crippen MR) is 68.1 cm³/mol. The normalized spacial score (nSPS) is 12.4. The van der Waals surface area contributed by atoms with Crippen LogP contribution in [0, 0.1) is 6.92 Å². The van der Waals surface area contributed by atoms with E-state index in [9.17, 15) is 4.79 Å². The number of thioether (sulfide) groups is 1. The van der Waals surface area contributed by atoms with Gasteiger partial charge in [0.15, 0.2) is 5.82 Å². The van der Waals surface area contributed by atoms with E-state index in [4.69, 9.17) is 9.63 Å². The molecule has 1 aromatic rings. The van der Waals surface area contributed by atoms with E-state index >= 15 is 0 Å². The molecule has 1 heterocycles. The largest absolute Gasteiger partial charge is 0.396 e. The molecule has 0 aromatic carbocycles. The van der Waals surface area contributed by atoms with Crippen LogP contribution in [0.4, 0.5) is 5.82 Å². The molecule has 0 fully saturated rings. The van der Waals surface area contributed by atoms with Crippen LogP contribution in [0.15, 0.2) is 10.6 Å². The highest BCUT2D eigenvalue weighted by Crippen LogP contribution is 2.15. The number of nitrogens with zero attached hydrogens (tertiary/aromatic N) is 1. The highest BCUT2D eigenvalue weighted by atomic mass is 32.2. The number of hydrogen-bond acceptors (Lipinski definition) is 5. The van der Waals surface area contributed by atoms with Gasteiger partial charge < -0.3 is 14.9 Å². The van der Waals surface area contributed by atoms with E-state index < -0.39 is 0 Å². The van der Waals surface area contributed by atoms with E-state index in [0.29, 0.717) is 23.2 Å². The first kappa shape index (κ1) is 14.1. The van der Waals surface area contributed by atoms with Gasteiger partial charge in [0.25, 0.3) is 0 Å². The first-order valence-corrected chi connectivity index (χ1v) is 6.62. The number of amides is 1. The van der Waals surface area contributed by atoms with Crippen LogP contribution in [0.5, 0.6) is 0 Å². The van der Waals surface area contributed by atoms with Crippen molar-refractivity contribution in [3.63, 3.8) is 0 Å². The van der Waals surface area contributed by atoms with Crippen LogP contribution in [0.1, 0.15) is 25.5 Å². The van der Waals surface area contributed by atoms with Gasteiger partial charge in [-0.2, -0.15) is 11.8 Å². The Kier molecular flexibility index (Phi) is 6.07. The molecule has 0 saturated heterocycles. The minimum absolute atomic E-state index is 0.0676. The van der Waals surface area contributed by atoms with E-state index in [0.717, 1.165) is 12.2 Å². The molecule has 1 amide bonds. The molecular formula is C11H18N2O3S. The van der Waals surface area contributed by atoms with Gasteiger partial charge in [-0.3, -0.25) is 4.79 Å². The lowest BCUT2D eigenvalue weighted by Gasteiger charge is -2.08. The number of aliphatic hydroxyl groups is 1. The molecule has 0 spiro atoms. The molecule has 1 rings (SSSR count). The van der Waals surface area contributed by atoms with Crippen LogP contribution in [0.25, 0.3) is 0 Å². The maximum absolute atomic E-state index is 11.5. The van der Waals surface area contributed by atoms with Crippen molar-refractivity contribution in [3.8, 4) is 0 Å². The molecule has 0 aliphatic rings. The zero-order valence-corrected chi connectivity index (χ0v) is 10.9. The summed E-state index contributed by atoms with van der Waals surface area (Å²) in [5.41, 5.74) is 0. The fraction of sp³-hybridized carbons (Fsp3) is 0.636. The molecule has 1 atom stereocenters. The molecule has 0 radical (unpaired) electrons. The third-order valence-electron chi connectivity index (χ3n) is 2.16. The average Bonchev–Trinajstić information content (AvgIpc) is 2.64. The molecule has 2 N–H and O–H groups in total. The fourth-order valence-corrected chi connectivity index (χ4v) is 2.23. The minimum Gasteiger partial charge on any atom is -0.396 e. The number of nitrogens with one attached hydrogen (secondary N) is 1. The molecule has 0 aliphatic carbocycles. The summed E-state index contributed by atoms with van der Waals surface area (Å²) in [5.74, 6) is 1.80. The van der Waals surface area contributed by atoms with Gasteiger partial charge in [0.1, 0.15) is 5.76 Å². The van der Waals surface area contributed by atoms with E-state index in [-0.39, 0.29) is 12.5 Å². The molecule has 96 valence electrons. The summed E-state index contributed by atoms with van der Waals surface area (Å²) in [4.78, 5) is 11.5. The molecule has 1 aromatic heterocycles. The third kappa shape index (κ3) is 5.74. The summed E-state index contributed by atoms with van der Waals surface area (Å²) in [7, 11) is 0. The number of carbonyl (C=O) groups is 1. The van der Waals surface area contributed by atoms with Crippen LogP contribution in [0.3, 0.4) is 0 Å². The molecule has 1 unspecified atom stereocenters. The van der Waals surface area contributed by atoms with E-state index in [1.807, 2.05) is 6.92 Å². The maximum Gasteiger partial charge on any atom is 0.226 e. The second-order valence-corrected chi connectivity index (χ2v) is 5.36. The van der Waals surface area contributed by atoms with Crippen molar-refractivity contribution in [1.82, 2.24) is 5.16 Å². The summed E-state index contributed by atoms with van der Waals surface area (Å²) in [6.45, 7) is 4.01. The zero-order valence-electron chi connectivity index (χ0n) is 10.1. The van der Waals surface area contributed by atoms with Crippen molar-refractivity contribution in [1.29, 1.82) is 0 Å². The number of carbonyl (C=O) groups excluding carboxylic acids is 1. The van der Waals surface area contributed by atoms with Gasteiger partial charge in [-0.1, -0.05) is 12.1 Å². The second kappa shape index (κ2) is 7.34. The van der Waals surface area contributed by atoms with Crippen molar-refractivity contribution >= 4 is 23.5 Å². The molecule has 0 bridgehead atoms. The number of aromatic nitrogens is 1. The van der Waals surface area contributed by atoms with Crippen molar-refractivity contribution < 1.29 is 14.4 Å². The summed E-state index contributed by atoms with van der Waals surface area (Å²) in [6, 6.07) is 1.68. The number of aryl methyl sites for hydroxylation is 1. The van der Waals surface area contributed by atoms with Gasteiger partial charge in [0.2, 0.25) is 5.91 Å². The molecule has 5 nitrogen and oxygen atoms in total. The van der Waals surface area contributed by atoms with Gasteiger partial charge in [-0.15, -0.1) is 0 Å². The summed E-state index contributed by atoms with van der Waals surface area (Å²) in [6.07, 6.45) is 1.20. The lowest BCUT2D eigenvalue weighted by molar-refractivity contribution is -0.115. The van der Waals surface area contributed by atoms with Gasteiger partial charge in [0.05, 0.1) is 0 Å². The van der Waals surface area contributed by atoms with Gasteiger partial charge in [0, 0.05) is 30.1 Å². The third-order valence-corrected chi connectivity index (χ3v) is 3.41. The number of anilines is 1. The Morgan fingerprint density at radius 1 is 1.71 bits per heavy atom. The molecular weight excluding hydrogens is 240 g/mol. The van der Waals surface area contributed by atoms with Crippen molar-refractivity contribution in [3.05, 3.63) is 11.8 Å². The maximum atomic E-state index is 11.5. The van der Waals surface area contributed by atoms with Crippen LogP contribution in [0.2, 0.25) is 0 Å². The molecule has 0 saturated carbocycles. The number of hydrogen-bond donors (Lipinski definition) is 2. The number of rotatable bonds is 7. The lowest BCUT2D eigenvalue weighted by atomic mass is 10.3. The molecule has 17 heavy (non-hydrogen) atoms. The lowest BCUT2D eigenvalue weighted by Crippen LogP contribution is -2.13. The first-order valence-electron chi connectivity index (χ1n) is 5.57. The van der Waals surface area contributed by atoms with Gasteiger partial charge in [-0.25, -0.2) is 0 Å². The van der Waals surface area contributed by atoms with Gasteiger partial charge >= 0.3 is 0 Å². The summed E-state index contributed by atoms with van der Waals surface area (Å²) in [5, 5.41) is 15.5. The Balaban J connectivity index is 2.17. The quantitative estimate of drug-likeness (QED) is 0.780. The Hall–Kier alpha value is -1.01. The van der Waals surface area contributed by atoms with Crippen LogP contribution < -0.4 is 5.32 Å². The zero-order chi connectivity index (χ0) is 12.7. The Morgan fingerprint density at radius 3 is 3.06 bits per heavy atom. The van der Waals surface area contributed by atoms with E-state index in [1.165, 1.54) is 0 Å². The SMILES string of the molecule is Cc1cc(NC(=O)CCSC(C)CCO)no1. The highest BCUT2D eigenvalue weighted by Gasteiger charge is 2.07. The van der Waals surface area contributed by atoms with Crippen molar-refractivity contribution in [2.75, 3.05) is 17.7 Å².